The Balaban J connectivity index is 1.59. The fourth-order valence-electron chi connectivity index (χ4n) is 3.87. The highest BCUT2D eigenvalue weighted by Gasteiger charge is 2.20. The number of nitrogens with zero attached hydrogens (tertiary/aromatic N) is 5. The zero-order valence-corrected chi connectivity index (χ0v) is 20.6. The van der Waals surface area contributed by atoms with Crippen LogP contribution in [0.3, 0.4) is 0 Å². The van der Waals surface area contributed by atoms with Crippen molar-refractivity contribution in [2.24, 2.45) is 4.99 Å². The summed E-state index contributed by atoms with van der Waals surface area (Å²) >= 11 is 0. The van der Waals surface area contributed by atoms with Crippen LogP contribution in [0.15, 0.2) is 29.6 Å². The minimum absolute atomic E-state index is 0.0522. The van der Waals surface area contributed by atoms with Crippen LogP contribution in [0.2, 0.25) is 0 Å². The molecule has 2 aromatic heterocycles. The number of rotatable bonds is 9. The zero-order valence-electron chi connectivity index (χ0n) is 19.8. The Morgan fingerprint density at radius 3 is 2.74 bits per heavy atom. The summed E-state index contributed by atoms with van der Waals surface area (Å²) in [7, 11) is 0.695. The van der Waals surface area contributed by atoms with Crippen molar-refractivity contribution in [2.75, 3.05) is 32.7 Å². The van der Waals surface area contributed by atoms with Crippen molar-refractivity contribution in [2.45, 2.75) is 32.4 Å². The SMILES string of the molecule is Cc1c(OCC(CCS(C)(=O)=O)N(C)C)cn2ncnc(Oc3ccc4c(c3F)=CC(C)N=4)c12. The van der Waals surface area contributed by atoms with Crippen LogP contribution in [0.25, 0.3) is 11.6 Å². The number of benzene rings is 1. The van der Waals surface area contributed by atoms with E-state index in [1.165, 1.54) is 12.6 Å². The topological polar surface area (TPSA) is 98.4 Å². The van der Waals surface area contributed by atoms with E-state index >= 15 is 4.39 Å². The summed E-state index contributed by atoms with van der Waals surface area (Å²) in [5.41, 5.74) is 1.28. The van der Waals surface area contributed by atoms with Gasteiger partial charge in [-0.25, -0.2) is 17.3 Å². The lowest BCUT2D eigenvalue weighted by Gasteiger charge is -2.24. The summed E-state index contributed by atoms with van der Waals surface area (Å²) in [6, 6.07) is 3.09. The monoisotopic (exact) mass is 489 g/mol. The summed E-state index contributed by atoms with van der Waals surface area (Å²) in [4.78, 5) is 10.5. The third-order valence-electron chi connectivity index (χ3n) is 5.81. The van der Waals surface area contributed by atoms with Crippen LogP contribution in [0.5, 0.6) is 17.4 Å². The van der Waals surface area contributed by atoms with Gasteiger partial charge in [-0.2, -0.15) is 10.1 Å². The molecule has 0 saturated heterocycles. The normalized spacial score (nSPS) is 16.3. The Morgan fingerprint density at radius 1 is 1.26 bits per heavy atom. The predicted octanol–water partition coefficient (Wildman–Crippen LogP) is 1.52. The van der Waals surface area contributed by atoms with Gasteiger partial charge in [0.2, 0.25) is 5.88 Å². The van der Waals surface area contributed by atoms with E-state index in [-0.39, 0.29) is 29.5 Å². The van der Waals surface area contributed by atoms with E-state index in [0.29, 0.717) is 34.9 Å². The average molecular weight is 490 g/mol. The van der Waals surface area contributed by atoms with E-state index in [1.807, 2.05) is 32.8 Å². The molecule has 0 amide bonds. The predicted molar refractivity (Wildman–Crippen MR) is 126 cm³/mol. The third kappa shape index (κ3) is 5.05. The molecule has 0 radical (unpaired) electrons. The maximum atomic E-state index is 15.0. The molecular formula is C23H28FN5O4S. The van der Waals surface area contributed by atoms with Crippen molar-refractivity contribution in [3.8, 4) is 17.4 Å². The number of likely N-dealkylation sites (N-methyl/N-ethyl adjacent to an activating group) is 1. The molecule has 2 atom stereocenters. The molecule has 182 valence electrons. The van der Waals surface area contributed by atoms with E-state index in [1.54, 1.807) is 28.9 Å². The molecule has 4 rings (SSSR count). The Kier molecular flexibility index (Phi) is 6.59. The quantitative estimate of drug-likeness (QED) is 0.449. The molecule has 0 bridgehead atoms. The fourth-order valence-corrected chi connectivity index (χ4v) is 4.57. The molecule has 3 aromatic rings. The molecule has 1 aromatic carbocycles. The Morgan fingerprint density at radius 2 is 2.03 bits per heavy atom. The fraction of sp³-hybridized carbons (Fsp3) is 0.435. The number of fused-ring (bicyclic) bond motifs is 2. The number of sulfone groups is 1. The van der Waals surface area contributed by atoms with Gasteiger partial charge in [0.15, 0.2) is 11.6 Å². The van der Waals surface area contributed by atoms with Crippen molar-refractivity contribution in [1.29, 1.82) is 0 Å². The maximum Gasteiger partial charge on any atom is 0.247 e. The molecule has 0 fully saturated rings. The molecule has 3 heterocycles. The number of hydrogen-bond donors (Lipinski definition) is 0. The van der Waals surface area contributed by atoms with E-state index in [2.05, 4.69) is 15.1 Å². The molecule has 9 nitrogen and oxygen atoms in total. The Labute approximate surface area is 197 Å². The lowest BCUT2D eigenvalue weighted by atomic mass is 10.2. The number of halogens is 1. The van der Waals surface area contributed by atoms with Crippen LogP contribution in [0.4, 0.5) is 4.39 Å². The zero-order chi connectivity index (χ0) is 24.6. The highest BCUT2D eigenvalue weighted by Crippen LogP contribution is 2.32. The third-order valence-corrected chi connectivity index (χ3v) is 6.79. The highest BCUT2D eigenvalue weighted by atomic mass is 32.2. The summed E-state index contributed by atoms with van der Waals surface area (Å²) in [5, 5.41) is 5.26. The minimum atomic E-state index is -3.07. The molecular weight excluding hydrogens is 461 g/mol. The van der Waals surface area contributed by atoms with E-state index < -0.39 is 15.7 Å². The van der Waals surface area contributed by atoms with Gasteiger partial charge in [-0.05, 0) is 52.6 Å². The van der Waals surface area contributed by atoms with Gasteiger partial charge in [0.25, 0.3) is 0 Å². The average Bonchev–Trinajstić information content (AvgIpc) is 3.29. The Hall–Kier alpha value is -3.05. The van der Waals surface area contributed by atoms with Crippen LogP contribution in [-0.4, -0.2) is 72.7 Å². The molecule has 2 unspecified atom stereocenters. The van der Waals surface area contributed by atoms with Crippen molar-refractivity contribution >= 4 is 21.4 Å². The highest BCUT2D eigenvalue weighted by molar-refractivity contribution is 7.90. The first-order chi connectivity index (χ1) is 16.0. The summed E-state index contributed by atoms with van der Waals surface area (Å²) in [6.45, 7) is 4.03. The first-order valence-corrected chi connectivity index (χ1v) is 13.0. The second-order valence-corrected chi connectivity index (χ2v) is 11.0. The number of aryl methyl sites for hydroxylation is 1. The number of hydrogen-bond acceptors (Lipinski definition) is 8. The lowest BCUT2D eigenvalue weighted by molar-refractivity contribution is 0.181. The van der Waals surface area contributed by atoms with Gasteiger partial charge in [-0.3, -0.25) is 4.99 Å². The van der Waals surface area contributed by atoms with Crippen LogP contribution >= 0.6 is 0 Å². The minimum Gasteiger partial charge on any atom is -0.490 e. The second kappa shape index (κ2) is 9.30. The molecule has 11 heteroatoms. The number of ether oxygens (including phenoxy) is 2. The van der Waals surface area contributed by atoms with Crippen LogP contribution < -0.4 is 20.0 Å². The van der Waals surface area contributed by atoms with Crippen molar-refractivity contribution in [3.05, 3.63) is 46.6 Å². The van der Waals surface area contributed by atoms with Gasteiger partial charge in [0.05, 0.1) is 23.3 Å². The molecule has 0 aliphatic carbocycles. The molecule has 1 aliphatic heterocycles. The summed E-state index contributed by atoms with van der Waals surface area (Å²) in [5.74, 6) is 0.409. The van der Waals surface area contributed by atoms with Gasteiger partial charge < -0.3 is 14.4 Å². The van der Waals surface area contributed by atoms with Crippen LogP contribution in [0, 0.1) is 12.7 Å². The van der Waals surface area contributed by atoms with E-state index in [4.69, 9.17) is 9.47 Å². The summed E-state index contributed by atoms with van der Waals surface area (Å²) in [6.07, 6.45) is 6.46. The van der Waals surface area contributed by atoms with Crippen molar-refractivity contribution in [3.63, 3.8) is 0 Å². The van der Waals surface area contributed by atoms with Gasteiger partial charge >= 0.3 is 0 Å². The van der Waals surface area contributed by atoms with Crippen molar-refractivity contribution in [1.82, 2.24) is 19.5 Å². The molecule has 1 aliphatic rings. The van der Waals surface area contributed by atoms with Gasteiger partial charge in [-0.1, -0.05) is 0 Å². The second-order valence-electron chi connectivity index (χ2n) is 8.77. The van der Waals surface area contributed by atoms with E-state index in [0.717, 1.165) is 5.56 Å². The summed E-state index contributed by atoms with van der Waals surface area (Å²) < 4.78 is 51.7. The molecule has 0 N–H and O–H groups in total. The number of aromatic nitrogens is 3. The largest absolute Gasteiger partial charge is 0.490 e. The first kappa shape index (κ1) is 24.1. The van der Waals surface area contributed by atoms with Crippen LogP contribution in [-0.2, 0) is 9.84 Å². The smallest absolute Gasteiger partial charge is 0.247 e. The van der Waals surface area contributed by atoms with Gasteiger partial charge in [0, 0.05) is 23.1 Å². The first-order valence-electron chi connectivity index (χ1n) is 10.9. The Bertz CT molecular complexity index is 1450. The molecule has 0 spiro atoms. The van der Waals surface area contributed by atoms with E-state index in [9.17, 15) is 8.42 Å². The molecule has 0 saturated carbocycles. The maximum absolute atomic E-state index is 15.0. The van der Waals surface area contributed by atoms with Gasteiger partial charge in [0.1, 0.15) is 34.0 Å². The van der Waals surface area contributed by atoms with Gasteiger partial charge in [-0.15, -0.1) is 0 Å². The van der Waals surface area contributed by atoms with Crippen LogP contribution in [0.1, 0.15) is 18.9 Å². The van der Waals surface area contributed by atoms with Crippen molar-refractivity contribution < 1.29 is 22.3 Å². The standard InChI is InChI=1S/C23H28FN5O4S/c1-14-10-17-18(27-14)6-7-19(21(17)24)33-23-22-15(2)20(11-29(22)26-13-25-23)32-12-16(28(3)4)8-9-34(5,30)31/h6-7,10-11,13-14,16H,8-9,12H2,1-5H3. The molecule has 34 heavy (non-hydrogen) atoms. The lowest BCUT2D eigenvalue weighted by Crippen LogP contribution is -2.35.